The number of amides is 1. The number of nitrogens with two attached hydrogens (primary N) is 1. The molecule has 1 amide bonds. The maximum Gasteiger partial charge on any atom is 0.259 e. The molecule has 1 saturated heterocycles. The van der Waals surface area contributed by atoms with Crippen LogP contribution in [0, 0.1) is 6.92 Å². The van der Waals surface area contributed by atoms with Crippen LogP contribution in [0.3, 0.4) is 0 Å². The smallest absolute Gasteiger partial charge is 0.259 e. The Kier molecular flexibility index (Phi) is 5.21. The van der Waals surface area contributed by atoms with E-state index in [0.717, 1.165) is 24.9 Å². The minimum atomic E-state index is -0.0391. The molecule has 0 aliphatic carbocycles. The van der Waals surface area contributed by atoms with Gasteiger partial charge in [0.15, 0.2) is 0 Å². The van der Waals surface area contributed by atoms with Crippen LogP contribution in [-0.4, -0.2) is 35.1 Å². The number of hydrogen-bond acceptors (Lipinski definition) is 4. The number of benzene rings is 1. The first-order chi connectivity index (χ1) is 10.2. The van der Waals surface area contributed by atoms with E-state index >= 15 is 0 Å². The van der Waals surface area contributed by atoms with E-state index in [1.54, 1.807) is 11.8 Å². The minimum Gasteiger partial charge on any atom is -0.360 e. The van der Waals surface area contributed by atoms with Crippen LogP contribution >= 0.6 is 12.4 Å². The number of halogens is 1. The van der Waals surface area contributed by atoms with Gasteiger partial charge in [0, 0.05) is 24.7 Å². The molecule has 6 heteroatoms. The van der Waals surface area contributed by atoms with E-state index in [2.05, 4.69) is 5.16 Å². The maximum atomic E-state index is 12.8. The Morgan fingerprint density at radius 3 is 2.77 bits per heavy atom. The van der Waals surface area contributed by atoms with Gasteiger partial charge >= 0.3 is 0 Å². The van der Waals surface area contributed by atoms with E-state index in [9.17, 15) is 4.79 Å². The van der Waals surface area contributed by atoms with Crippen molar-refractivity contribution in [2.75, 3.05) is 13.1 Å². The lowest BCUT2D eigenvalue weighted by Crippen LogP contribution is -2.45. The van der Waals surface area contributed by atoms with Crippen molar-refractivity contribution in [3.8, 4) is 11.3 Å². The number of aromatic nitrogens is 1. The summed E-state index contributed by atoms with van der Waals surface area (Å²) < 4.78 is 5.26. The second kappa shape index (κ2) is 6.94. The van der Waals surface area contributed by atoms with Crippen molar-refractivity contribution in [1.82, 2.24) is 10.1 Å². The van der Waals surface area contributed by atoms with E-state index in [-0.39, 0.29) is 24.4 Å². The lowest BCUT2D eigenvalue weighted by atomic mass is 10.0. The van der Waals surface area contributed by atoms with Crippen LogP contribution in [0.5, 0.6) is 0 Å². The Labute approximate surface area is 135 Å². The van der Waals surface area contributed by atoms with Crippen molar-refractivity contribution in [2.45, 2.75) is 25.8 Å². The third-order valence-corrected chi connectivity index (χ3v) is 3.87. The molecule has 2 N–H and O–H groups in total. The molecule has 1 aliphatic rings. The number of rotatable bonds is 2. The van der Waals surface area contributed by atoms with Crippen LogP contribution in [0.4, 0.5) is 0 Å². The van der Waals surface area contributed by atoms with Crippen LogP contribution in [0.25, 0.3) is 11.3 Å². The highest BCUT2D eigenvalue weighted by atomic mass is 35.5. The van der Waals surface area contributed by atoms with Crippen LogP contribution < -0.4 is 5.73 Å². The topological polar surface area (TPSA) is 72.4 Å². The second-order valence-electron chi connectivity index (χ2n) is 5.48. The third-order valence-electron chi connectivity index (χ3n) is 3.87. The van der Waals surface area contributed by atoms with Gasteiger partial charge in [-0.3, -0.25) is 4.79 Å². The molecule has 1 atom stereocenters. The predicted octanol–water partition coefficient (Wildman–Crippen LogP) is 2.64. The number of aryl methyl sites for hydroxylation is 1. The monoisotopic (exact) mass is 321 g/mol. The number of carbonyl (C=O) groups is 1. The molecular formula is C16H20ClN3O2. The van der Waals surface area contributed by atoms with Crippen LogP contribution in [0.2, 0.25) is 0 Å². The Morgan fingerprint density at radius 2 is 2.09 bits per heavy atom. The summed E-state index contributed by atoms with van der Waals surface area (Å²) in [6.45, 7) is 3.11. The van der Waals surface area contributed by atoms with Crippen molar-refractivity contribution in [2.24, 2.45) is 5.73 Å². The van der Waals surface area contributed by atoms with Crippen molar-refractivity contribution in [3.63, 3.8) is 0 Å². The van der Waals surface area contributed by atoms with E-state index < -0.39 is 0 Å². The van der Waals surface area contributed by atoms with Gasteiger partial charge in [0.25, 0.3) is 5.91 Å². The van der Waals surface area contributed by atoms with Crippen molar-refractivity contribution < 1.29 is 9.32 Å². The first kappa shape index (κ1) is 16.5. The normalized spacial score (nSPS) is 17.9. The molecule has 2 heterocycles. The Balaban J connectivity index is 0.00000176. The summed E-state index contributed by atoms with van der Waals surface area (Å²) in [6, 6.07) is 9.69. The molecule has 118 valence electrons. The fraction of sp³-hybridized carbons (Fsp3) is 0.375. The molecule has 1 fully saturated rings. The van der Waals surface area contributed by atoms with Crippen molar-refractivity contribution >= 4 is 18.3 Å². The van der Waals surface area contributed by atoms with E-state index in [1.807, 2.05) is 30.3 Å². The maximum absolute atomic E-state index is 12.8. The first-order valence-corrected chi connectivity index (χ1v) is 7.23. The molecule has 0 spiro atoms. The fourth-order valence-electron chi connectivity index (χ4n) is 2.77. The molecule has 1 unspecified atom stereocenters. The van der Waals surface area contributed by atoms with Gasteiger partial charge < -0.3 is 15.2 Å². The molecule has 5 nitrogen and oxygen atoms in total. The van der Waals surface area contributed by atoms with E-state index in [1.165, 1.54) is 0 Å². The quantitative estimate of drug-likeness (QED) is 0.923. The predicted molar refractivity (Wildman–Crippen MR) is 87.0 cm³/mol. The van der Waals surface area contributed by atoms with Gasteiger partial charge in [-0.1, -0.05) is 35.5 Å². The zero-order valence-electron chi connectivity index (χ0n) is 12.5. The van der Waals surface area contributed by atoms with Crippen LogP contribution in [-0.2, 0) is 0 Å². The summed E-state index contributed by atoms with van der Waals surface area (Å²) in [7, 11) is 0. The van der Waals surface area contributed by atoms with Gasteiger partial charge in [-0.05, 0) is 19.8 Å². The SMILES string of the molecule is Cc1onc(-c2ccccc2)c1C(=O)N1CCCC(N)C1.Cl. The van der Waals surface area contributed by atoms with Gasteiger partial charge in [0.1, 0.15) is 17.0 Å². The molecule has 0 bridgehead atoms. The van der Waals surface area contributed by atoms with Crippen LogP contribution in [0.15, 0.2) is 34.9 Å². The molecule has 0 saturated carbocycles. The average Bonchev–Trinajstić information content (AvgIpc) is 2.89. The number of nitrogens with zero attached hydrogens (tertiary/aromatic N) is 2. The number of piperidine rings is 1. The lowest BCUT2D eigenvalue weighted by Gasteiger charge is -2.30. The minimum absolute atomic E-state index is 0. The standard InChI is InChI=1S/C16H19N3O2.ClH/c1-11-14(16(20)19-9-5-8-13(17)10-19)15(18-21-11)12-6-3-2-4-7-12;/h2-4,6-7,13H,5,8-10,17H2,1H3;1H. The summed E-state index contributed by atoms with van der Waals surface area (Å²) >= 11 is 0. The van der Waals surface area contributed by atoms with E-state index in [0.29, 0.717) is 23.6 Å². The largest absolute Gasteiger partial charge is 0.360 e. The molecule has 1 aromatic carbocycles. The summed E-state index contributed by atoms with van der Waals surface area (Å²) in [5.74, 6) is 0.515. The van der Waals surface area contributed by atoms with Crippen molar-refractivity contribution in [3.05, 3.63) is 41.7 Å². The number of likely N-dealkylation sites (tertiary alicyclic amines) is 1. The van der Waals surface area contributed by atoms with Gasteiger partial charge in [-0.25, -0.2) is 0 Å². The zero-order chi connectivity index (χ0) is 14.8. The highest BCUT2D eigenvalue weighted by molar-refractivity contribution is 6.00. The fourth-order valence-corrected chi connectivity index (χ4v) is 2.77. The Hall–Kier alpha value is -1.85. The summed E-state index contributed by atoms with van der Waals surface area (Å²) in [4.78, 5) is 14.6. The Morgan fingerprint density at radius 1 is 1.36 bits per heavy atom. The molecule has 2 aromatic rings. The molecular weight excluding hydrogens is 302 g/mol. The van der Waals surface area contributed by atoms with Gasteiger partial charge in [0.05, 0.1) is 0 Å². The van der Waals surface area contributed by atoms with Crippen LogP contribution in [0.1, 0.15) is 29.0 Å². The third kappa shape index (κ3) is 3.15. The molecule has 22 heavy (non-hydrogen) atoms. The molecule has 1 aromatic heterocycles. The average molecular weight is 322 g/mol. The molecule has 3 rings (SSSR count). The molecule has 1 aliphatic heterocycles. The summed E-state index contributed by atoms with van der Waals surface area (Å²) in [6.07, 6.45) is 1.91. The summed E-state index contributed by atoms with van der Waals surface area (Å²) in [5, 5.41) is 4.07. The molecule has 0 radical (unpaired) electrons. The number of hydrogen-bond donors (Lipinski definition) is 1. The first-order valence-electron chi connectivity index (χ1n) is 7.23. The highest BCUT2D eigenvalue weighted by Gasteiger charge is 2.28. The van der Waals surface area contributed by atoms with Crippen molar-refractivity contribution in [1.29, 1.82) is 0 Å². The zero-order valence-corrected chi connectivity index (χ0v) is 13.3. The summed E-state index contributed by atoms with van der Waals surface area (Å²) in [5.41, 5.74) is 8.02. The number of carbonyl (C=O) groups excluding carboxylic acids is 1. The van der Waals surface area contributed by atoms with Gasteiger partial charge in [-0.15, -0.1) is 12.4 Å². The lowest BCUT2D eigenvalue weighted by molar-refractivity contribution is 0.0707. The van der Waals surface area contributed by atoms with Gasteiger partial charge in [-0.2, -0.15) is 0 Å². The highest BCUT2D eigenvalue weighted by Crippen LogP contribution is 2.27. The Bertz CT molecular complexity index is 642. The second-order valence-corrected chi connectivity index (χ2v) is 5.48. The van der Waals surface area contributed by atoms with E-state index in [4.69, 9.17) is 10.3 Å². The van der Waals surface area contributed by atoms with Gasteiger partial charge in [0.2, 0.25) is 0 Å².